The first-order valence-corrected chi connectivity index (χ1v) is 13.6. The number of nitrogens with one attached hydrogen (secondary N) is 1. The summed E-state index contributed by atoms with van der Waals surface area (Å²) >= 11 is 5.05. The Labute approximate surface area is 222 Å². The van der Waals surface area contributed by atoms with Gasteiger partial charge in [-0.3, -0.25) is 18.9 Å². The number of esters is 1. The van der Waals surface area contributed by atoms with Crippen LogP contribution in [0.1, 0.15) is 35.3 Å². The lowest BCUT2D eigenvalue weighted by atomic mass is 10.1. The Kier molecular flexibility index (Phi) is 8.48. The minimum Gasteiger partial charge on any atom is -0.463 e. The largest absolute Gasteiger partial charge is 0.463 e. The van der Waals surface area contributed by atoms with E-state index in [9.17, 15) is 19.3 Å². The number of nitrogens with zero attached hydrogens (tertiary/aromatic N) is 2. The van der Waals surface area contributed by atoms with E-state index in [1.54, 1.807) is 39.0 Å². The molecule has 0 radical (unpaired) electrons. The van der Waals surface area contributed by atoms with Crippen LogP contribution in [0.25, 0.3) is 4.85 Å². The number of carbonyl (C=O) groups excluding carboxylic acids is 1. The summed E-state index contributed by atoms with van der Waals surface area (Å²) in [5, 5.41) is 10.9. The van der Waals surface area contributed by atoms with Gasteiger partial charge in [-0.25, -0.2) is 15.9 Å². The second kappa shape index (κ2) is 12.2. The molecular weight excluding hydrogens is 521 g/mol. The van der Waals surface area contributed by atoms with Gasteiger partial charge in [0.1, 0.15) is 16.5 Å². The number of ether oxygens (including phenoxy) is 2. The molecule has 2 heterocycles. The molecule has 0 bridgehead atoms. The van der Waals surface area contributed by atoms with Gasteiger partial charge < -0.3 is 23.9 Å². The molecule has 1 aromatic heterocycles. The predicted octanol–water partition coefficient (Wildman–Crippen LogP) is 3.64. The Morgan fingerprint density at radius 1 is 1.38 bits per heavy atom. The minimum absolute atomic E-state index is 0.0902. The number of hydrogen-bond acceptors (Lipinski definition) is 9. The van der Waals surface area contributed by atoms with Crippen LogP contribution in [-0.4, -0.2) is 57.7 Å². The summed E-state index contributed by atoms with van der Waals surface area (Å²) in [7, 11) is -4.47. The maximum atomic E-state index is 13.9. The number of aliphatic hydroxyl groups is 1. The number of aromatic nitrogens is 2. The van der Waals surface area contributed by atoms with Gasteiger partial charge in [0.15, 0.2) is 6.10 Å². The zero-order chi connectivity index (χ0) is 29.1. The van der Waals surface area contributed by atoms with Crippen LogP contribution >= 0.6 is 19.8 Å². The number of para-hydroxylation sites is 1. The predicted molar refractivity (Wildman–Crippen MR) is 137 cm³/mol. The number of H-pyrrole nitrogens is 1. The molecular formula is C24H30N3O8PS. The second-order valence-electron chi connectivity index (χ2n) is 8.83. The van der Waals surface area contributed by atoms with Crippen molar-refractivity contribution in [3.05, 3.63) is 68.6 Å². The van der Waals surface area contributed by atoms with Crippen LogP contribution in [0.5, 0.6) is 5.75 Å². The van der Waals surface area contributed by atoms with Crippen LogP contribution in [0.4, 0.5) is 0 Å². The van der Waals surface area contributed by atoms with Gasteiger partial charge in [-0.05, 0) is 32.9 Å². The molecule has 200 valence electrons. The van der Waals surface area contributed by atoms with Crippen molar-refractivity contribution >= 4 is 25.8 Å². The lowest BCUT2D eigenvalue weighted by Crippen LogP contribution is -2.34. The van der Waals surface area contributed by atoms with Crippen LogP contribution < -0.4 is 10.2 Å². The summed E-state index contributed by atoms with van der Waals surface area (Å²) in [6, 6.07) is 6.43. The van der Waals surface area contributed by atoms with Gasteiger partial charge >= 0.3 is 19.3 Å². The molecule has 0 aliphatic carbocycles. The van der Waals surface area contributed by atoms with Crippen LogP contribution in [0.2, 0.25) is 0 Å². The molecule has 1 fully saturated rings. The van der Waals surface area contributed by atoms with Crippen molar-refractivity contribution in [1.82, 2.24) is 9.55 Å². The summed E-state index contributed by atoms with van der Waals surface area (Å²) in [4.78, 5) is 30.7. The minimum atomic E-state index is -4.47. The molecule has 11 nitrogen and oxygen atoms in total. The highest BCUT2D eigenvalue weighted by atomic mass is 32.1. The molecule has 3 rings (SSSR count). The summed E-state index contributed by atoms with van der Waals surface area (Å²) in [5.74, 6) is -1.61. The van der Waals surface area contributed by atoms with Crippen LogP contribution in [-0.2, 0) is 23.4 Å². The number of benzene rings is 1. The van der Waals surface area contributed by atoms with E-state index in [1.165, 1.54) is 25.3 Å². The summed E-state index contributed by atoms with van der Waals surface area (Å²) < 4.78 is 54.1. The van der Waals surface area contributed by atoms with Gasteiger partial charge in [0, 0.05) is 11.8 Å². The third-order valence-electron chi connectivity index (χ3n) is 5.35. The van der Waals surface area contributed by atoms with E-state index in [-0.39, 0.29) is 10.4 Å². The molecule has 37 heavy (non-hydrogen) atoms. The molecule has 1 aliphatic rings. The van der Waals surface area contributed by atoms with Gasteiger partial charge in [-0.2, -0.15) is 0 Å². The normalized spacial score (nSPS) is 24.9. The quantitative estimate of drug-likeness (QED) is 0.196. The number of hydrogen-bond donors (Lipinski definition) is 2. The van der Waals surface area contributed by atoms with Crippen molar-refractivity contribution in [3.63, 3.8) is 0 Å². The Morgan fingerprint density at radius 2 is 2.05 bits per heavy atom. The molecule has 2 N–H and O–H groups in total. The first kappa shape index (κ1) is 25.8. The van der Waals surface area contributed by atoms with Crippen molar-refractivity contribution in [3.8, 4) is 5.75 Å². The van der Waals surface area contributed by atoms with Gasteiger partial charge in [-0.1, -0.05) is 37.3 Å². The zero-order valence-electron chi connectivity index (χ0n) is 22.7. The molecule has 6 atom stereocenters. The Bertz CT molecular complexity index is 1390. The molecule has 1 aliphatic heterocycles. The van der Waals surface area contributed by atoms with Gasteiger partial charge in [0.2, 0.25) is 6.23 Å². The maximum Gasteiger partial charge on any atom is 0.380 e. The topological polar surface area (TPSA) is 133 Å². The van der Waals surface area contributed by atoms with Crippen molar-refractivity contribution in [2.75, 3.05) is 12.7 Å². The van der Waals surface area contributed by atoms with E-state index < -0.39 is 68.5 Å². The fourth-order valence-electron chi connectivity index (χ4n) is 3.53. The Morgan fingerprint density at radius 3 is 2.68 bits per heavy atom. The average Bonchev–Trinajstić information content (AvgIpc) is 3.17. The summed E-state index contributed by atoms with van der Waals surface area (Å²) in [5.41, 5.74) is -0.244. The summed E-state index contributed by atoms with van der Waals surface area (Å²) in [6.45, 7) is 10.9. The molecule has 13 heteroatoms. The van der Waals surface area contributed by atoms with Gasteiger partial charge in [-0.15, -0.1) is 0 Å². The van der Waals surface area contributed by atoms with E-state index in [4.69, 9.17) is 40.1 Å². The van der Waals surface area contributed by atoms with E-state index in [0.29, 0.717) is 5.56 Å². The number of aromatic amines is 1. The fourth-order valence-corrected chi connectivity index (χ4v) is 5.38. The first-order valence-electron chi connectivity index (χ1n) is 12.4. The lowest BCUT2D eigenvalue weighted by Gasteiger charge is -2.24. The third-order valence-corrected chi connectivity index (χ3v) is 7.65. The van der Waals surface area contributed by atoms with E-state index in [1.807, 2.05) is 0 Å². The fraction of sp³-hybridized carbons (Fsp3) is 0.500. The molecule has 1 unspecified atom stereocenters. The Balaban J connectivity index is 1.94. The maximum absolute atomic E-state index is 13.9. The second-order valence-corrected chi connectivity index (χ2v) is 11.2. The molecule has 0 saturated carbocycles. The van der Waals surface area contributed by atoms with Gasteiger partial charge in [0.25, 0.3) is 6.04 Å². The number of aliphatic hydroxyl groups excluding tert-OH is 1. The molecule has 1 aromatic carbocycles. The van der Waals surface area contributed by atoms with Crippen LogP contribution in [0, 0.1) is 24.1 Å². The summed E-state index contributed by atoms with van der Waals surface area (Å²) in [6.07, 6.45) is -4.71. The van der Waals surface area contributed by atoms with Crippen LogP contribution in [0.3, 0.4) is 0 Å². The monoisotopic (exact) mass is 553 g/mol. The van der Waals surface area contributed by atoms with Crippen molar-refractivity contribution in [2.24, 2.45) is 5.92 Å². The number of aryl methyl sites for hydroxylation is 1. The average molecular weight is 554 g/mol. The lowest BCUT2D eigenvalue weighted by molar-refractivity contribution is -0.151. The molecule has 1 saturated heterocycles. The van der Waals surface area contributed by atoms with E-state index in [0.717, 1.165) is 4.57 Å². The van der Waals surface area contributed by atoms with Crippen molar-refractivity contribution in [2.45, 2.75) is 58.3 Å². The van der Waals surface area contributed by atoms with E-state index in [2.05, 4.69) is 9.83 Å². The molecule has 0 amide bonds. The van der Waals surface area contributed by atoms with Crippen molar-refractivity contribution in [1.29, 1.82) is 0 Å². The van der Waals surface area contributed by atoms with E-state index >= 15 is 0 Å². The van der Waals surface area contributed by atoms with Gasteiger partial charge in [0.05, 0.1) is 27.5 Å². The smallest absolute Gasteiger partial charge is 0.380 e. The first-order chi connectivity index (χ1) is 18.2. The Hall–Kier alpha value is -2.81. The van der Waals surface area contributed by atoms with Crippen LogP contribution in [0.15, 0.2) is 41.3 Å². The highest BCUT2D eigenvalue weighted by Crippen LogP contribution is 2.50. The zero-order valence-corrected chi connectivity index (χ0v) is 22.4. The number of carbonyl (C=O) groups is 1. The molecule has 2 aromatic rings. The molecule has 0 spiro atoms. The number of rotatable bonds is 10. The standard InChI is InChI=1S/C24H30N3O8PS/c1-14(2)33-23(29)16(4)13-36(31,35-17-9-7-6-8-10-17)32-12-18-20(28)19(25-5)22(34-18)27-11-15(3)21(37)26-24(27)30/h6-11,14,16,18-20,22,28H,12-13H2,1-4H3,(H,26,30,37)/t16-,18+,19-,20?,22+,36-/m1/s1/i12D2. The highest BCUT2D eigenvalue weighted by molar-refractivity contribution is 7.71. The van der Waals surface area contributed by atoms with Crippen molar-refractivity contribution < 1.29 is 35.7 Å². The third kappa shape index (κ3) is 7.15. The highest BCUT2D eigenvalue weighted by Gasteiger charge is 2.51. The SMILES string of the molecule is [2H]C([2H])(O[P@](=O)(C[C@@H](C)C(=O)OC(C)C)Oc1ccccc1)[C@@H]1O[C@H](n2cc(C)c(=S)[nH]c2=O)[C@H]([N+]#[C-])C1O.